The molecule has 3 N–H and O–H groups in total. The number of hydrogen-bond acceptors (Lipinski definition) is 4. The molecule has 1 fully saturated rings. The lowest BCUT2D eigenvalue weighted by Crippen LogP contribution is -2.47. The minimum atomic E-state index is -3.10. The minimum absolute atomic E-state index is 0.0119. The summed E-state index contributed by atoms with van der Waals surface area (Å²) < 4.78 is 25.4. The van der Waals surface area contributed by atoms with Crippen LogP contribution in [0.4, 0.5) is 0 Å². The summed E-state index contributed by atoms with van der Waals surface area (Å²) >= 11 is 0. The van der Waals surface area contributed by atoms with Gasteiger partial charge in [-0.1, -0.05) is 13.8 Å². The fraction of sp³-hybridized carbons (Fsp3) is 0.923. The Morgan fingerprint density at radius 3 is 2.50 bits per heavy atom. The predicted molar refractivity (Wildman–Crippen MR) is 79.7 cm³/mol. The molecule has 118 valence electrons. The highest BCUT2D eigenvalue weighted by atomic mass is 32.2. The lowest BCUT2D eigenvalue weighted by molar-refractivity contribution is -0.122. The Hall–Kier alpha value is -0.660. The molecule has 0 aliphatic carbocycles. The van der Waals surface area contributed by atoms with E-state index in [2.05, 4.69) is 5.32 Å². The third-order valence-electron chi connectivity index (χ3n) is 3.61. The van der Waals surface area contributed by atoms with E-state index in [0.29, 0.717) is 45.3 Å². The molecular formula is C13H27N3O3S. The Bertz CT molecular complexity index is 403. The van der Waals surface area contributed by atoms with Crippen molar-refractivity contribution >= 4 is 15.9 Å². The monoisotopic (exact) mass is 305 g/mol. The number of nitrogens with zero attached hydrogens (tertiary/aromatic N) is 1. The van der Waals surface area contributed by atoms with Gasteiger partial charge in [-0.15, -0.1) is 0 Å². The number of piperidine rings is 1. The van der Waals surface area contributed by atoms with Crippen molar-refractivity contribution in [3.8, 4) is 0 Å². The van der Waals surface area contributed by atoms with Crippen LogP contribution in [0.5, 0.6) is 0 Å². The second-order valence-electron chi connectivity index (χ2n) is 5.60. The van der Waals surface area contributed by atoms with Crippen molar-refractivity contribution in [2.75, 3.05) is 25.4 Å². The molecule has 0 aromatic rings. The van der Waals surface area contributed by atoms with Crippen molar-refractivity contribution in [1.82, 2.24) is 9.62 Å². The molecule has 6 nitrogen and oxygen atoms in total. The van der Waals surface area contributed by atoms with Crippen molar-refractivity contribution in [3.05, 3.63) is 0 Å². The molecule has 20 heavy (non-hydrogen) atoms. The zero-order valence-corrected chi connectivity index (χ0v) is 13.3. The number of nitrogens with one attached hydrogen (secondary N) is 1. The first kappa shape index (κ1) is 17.4. The fourth-order valence-corrected chi connectivity index (χ4v) is 3.89. The van der Waals surface area contributed by atoms with E-state index in [9.17, 15) is 13.2 Å². The van der Waals surface area contributed by atoms with Crippen molar-refractivity contribution in [2.24, 2.45) is 11.7 Å². The van der Waals surface area contributed by atoms with Gasteiger partial charge in [0.2, 0.25) is 15.9 Å². The van der Waals surface area contributed by atoms with Crippen molar-refractivity contribution in [3.63, 3.8) is 0 Å². The van der Waals surface area contributed by atoms with Gasteiger partial charge in [0.05, 0.1) is 5.75 Å². The van der Waals surface area contributed by atoms with E-state index in [-0.39, 0.29) is 23.6 Å². The van der Waals surface area contributed by atoms with E-state index in [4.69, 9.17) is 5.73 Å². The molecule has 1 atom stereocenters. The van der Waals surface area contributed by atoms with Crippen LogP contribution in [0.15, 0.2) is 0 Å². The van der Waals surface area contributed by atoms with Gasteiger partial charge in [0.15, 0.2) is 0 Å². The smallest absolute Gasteiger partial charge is 0.220 e. The molecule has 7 heteroatoms. The van der Waals surface area contributed by atoms with Crippen LogP contribution >= 0.6 is 0 Å². The second-order valence-corrected chi connectivity index (χ2v) is 7.69. The van der Waals surface area contributed by atoms with E-state index < -0.39 is 10.0 Å². The molecule has 0 spiro atoms. The van der Waals surface area contributed by atoms with Gasteiger partial charge < -0.3 is 11.1 Å². The lowest BCUT2D eigenvalue weighted by atomic mass is 10.0. The molecule has 0 aromatic carbocycles. The summed E-state index contributed by atoms with van der Waals surface area (Å²) in [5.74, 6) is 0.399. The molecule has 0 saturated carbocycles. The number of rotatable bonds is 7. The average molecular weight is 305 g/mol. The topological polar surface area (TPSA) is 92.5 Å². The zero-order chi connectivity index (χ0) is 15.2. The first-order chi connectivity index (χ1) is 9.39. The summed E-state index contributed by atoms with van der Waals surface area (Å²) in [5, 5.41) is 2.97. The summed E-state index contributed by atoms with van der Waals surface area (Å²) in [4.78, 5) is 11.8. The summed E-state index contributed by atoms with van der Waals surface area (Å²) in [5.41, 5.74) is 5.49. The first-order valence-corrected chi connectivity index (χ1v) is 8.97. The third kappa shape index (κ3) is 5.38. The highest BCUT2D eigenvalue weighted by Gasteiger charge is 2.27. The van der Waals surface area contributed by atoms with Crippen LogP contribution in [0, 0.1) is 5.92 Å². The highest BCUT2D eigenvalue weighted by molar-refractivity contribution is 7.89. The van der Waals surface area contributed by atoms with E-state index >= 15 is 0 Å². The molecular weight excluding hydrogens is 278 g/mol. The molecule has 1 heterocycles. The van der Waals surface area contributed by atoms with Crippen LogP contribution in [0.1, 0.15) is 39.5 Å². The molecule has 0 bridgehead atoms. The largest absolute Gasteiger partial charge is 0.353 e. The van der Waals surface area contributed by atoms with Crippen LogP contribution < -0.4 is 11.1 Å². The number of amides is 1. The van der Waals surface area contributed by atoms with Crippen molar-refractivity contribution in [2.45, 2.75) is 45.6 Å². The summed E-state index contributed by atoms with van der Waals surface area (Å²) in [7, 11) is -3.10. The zero-order valence-electron chi connectivity index (χ0n) is 12.5. The Morgan fingerprint density at radius 1 is 1.40 bits per heavy atom. The lowest BCUT2D eigenvalue weighted by Gasteiger charge is -2.31. The molecule has 1 unspecified atom stereocenters. The minimum Gasteiger partial charge on any atom is -0.353 e. The van der Waals surface area contributed by atoms with E-state index in [0.717, 1.165) is 0 Å². The van der Waals surface area contributed by atoms with Gasteiger partial charge >= 0.3 is 0 Å². The van der Waals surface area contributed by atoms with Crippen molar-refractivity contribution < 1.29 is 13.2 Å². The van der Waals surface area contributed by atoms with Crippen LogP contribution in [0.25, 0.3) is 0 Å². The van der Waals surface area contributed by atoms with Gasteiger partial charge in [0.25, 0.3) is 0 Å². The Kier molecular flexibility index (Phi) is 6.91. The number of sulfonamides is 1. The number of carbonyl (C=O) groups is 1. The standard InChI is InChI=1S/C13H27N3O3S/c1-3-8-20(18,19)16-6-4-12(5-7-16)15-13(17)9-11(2)10-14/h11-12H,3-10,14H2,1-2H3,(H,15,17). The van der Waals surface area contributed by atoms with Crippen molar-refractivity contribution in [1.29, 1.82) is 0 Å². The molecule has 0 aromatic heterocycles. The normalized spacial score (nSPS) is 19.8. The molecule has 1 saturated heterocycles. The van der Waals surface area contributed by atoms with Gasteiger partial charge in [0.1, 0.15) is 0 Å². The molecule has 1 rings (SSSR count). The Labute approximate surface area is 122 Å². The molecule has 1 amide bonds. The average Bonchev–Trinajstić information content (AvgIpc) is 2.39. The van der Waals surface area contributed by atoms with E-state index in [1.54, 1.807) is 4.31 Å². The van der Waals surface area contributed by atoms with Gasteiger partial charge in [-0.25, -0.2) is 12.7 Å². The Morgan fingerprint density at radius 2 is 2.00 bits per heavy atom. The third-order valence-corrected chi connectivity index (χ3v) is 5.69. The quantitative estimate of drug-likeness (QED) is 0.707. The predicted octanol–water partition coefficient (Wildman–Crippen LogP) is 0.292. The maximum absolute atomic E-state index is 11.9. The van der Waals surface area contributed by atoms with Gasteiger partial charge in [0, 0.05) is 25.6 Å². The summed E-state index contributed by atoms with van der Waals surface area (Å²) in [6.45, 7) is 5.31. The van der Waals surface area contributed by atoms with Gasteiger partial charge in [-0.05, 0) is 31.7 Å². The fourth-order valence-electron chi connectivity index (χ4n) is 2.35. The number of carbonyl (C=O) groups excluding carboxylic acids is 1. The van der Waals surface area contributed by atoms with Crippen LogP contribution in [-0.4, -0.2) is 50.1 Å². The van der Waals surface area contributed by atoms with Gasteiger partial charge in [-0.3, -0.25) is 4.79 Å². The van der Waals surface area contributed by atoms with Crippen LogP contribution in [0.3, 0.4) is 0 Å². The highest BCUT2D eigenvalue weighted by Crippen LogP contribution is 2.15. The van der Waals surface area contributed by atoms with E-state index in [1.807, 2.05) is 13.8 Å². The summed E-state index contributed by atoms with van der Waals surface area (Å²) in [6.07, 6.45) is 2.44. The number of hydrogen-bond donors (Lipinski definition) is 2. The van der Waals surface area contributed by atoms with Crippen LogP contribution in [0.2, 0.25) is 0 Å². The van der Waals surface area contributed by atoms with Gasteiger partial charge in [-0.2, -0.15) is 0 Å². The Balaban J connectivity index is 2.37. The summed E-state index contributed by atoms with van der Waals surface area (Å²) in [6, 6.07) is 0.0838. The van der Waals surface area contributed by atoms with Crippen LogP contribution in [-0.2, 0) is 14.8 Å². The molecule has 1 aliphatic heterocycles. The maximum atomic E-state index is 11.9. The first-order valence-electron chi connectivity index (χ1n) is 7.36. The molecule has 1 aliphatic rings. The molecule has 0 radical (unpaired) electrons. The second kappa shape index (κ2) is 7.95. The van der Waals surface area contributed by atoms with E-state index in [1.165, 1.54) is 0 Å². The maximum Gasteiger partial charge on any atom is 0.220 e. The number of nitrogens with two attached hydrogens (primary N) is 1. The SMILES string of the molecule is CCCS(=O)(=O)N1CCC(NC(=O)CC(C)CN)CC1.